The third-order valence-corrected chi connectivity index (χ3v) is 9.10. The van der Waals surface area contributed by atoms with Gasteiger partial charge in [0, 0.05) is 50.7 Å². The van der Waals surface area contributed by atoms with E-state index >= 15 is 0 Å². The summed E-state index contributed by atoms with van der Waals surface area (Å²) in [5.74, 6) is 0.0270. The highest BCUT2D eigenvalue weighted by molar-refractivity contribution is 6.42. The van der Waals surface area contributed by atoms with E-state index in [1.54, 1.807) is 18.2 Å². The Labute approximate surface area is 253 Å². The number of ether oxygens (including phenoxy) is 2. The van der Waals surface area contributed by atoms with Crippen LogP contribution < -0.4 is 4.74 Å². The maximum absolute atomic E-state index is 14.0. The number of piperidine rings is 1. The highest BCUT2D eigenvalue weighted by Crippen LogP contribution is 2.51. The minimum Gasteiger partial charge on any atom is -0.462 e. The van der Waals surface area contributed by atoms with Gasteiger partial charge >= 0.3 is 11.9 Å². The summed E-state index contributed by atoms with van der Waals surface area (Å²) in [4.78, 5) is 42.4. The number of carbonyl (C=O) groups is 3. The molecule has 222 valence electrons. The molecule has 1 unspecified atom stereocenters. The number of benzene rings is 2. The quantitative estimate of drug-likeness (QED) is 0.275. The van der Waals surface area contributed by atoms with Gasteiger partial charge in [-0.15, -0.1) is 0 Å². The van der Waals surface area contributed by atoms with Gasteiger partial charge in [0.1, 0.15) is 11.9 Å². The first-order valence-corrected chi connectivity index (χ1v) is 15.0. The average molecular weight is 604 g/mol. The van der Waals surface area contributed by atoms with E-state index in [0.29, 0.717) is 35.2 Å². The van der Waals surface area contributed by atoms with Crippen LogP contribution in [-0.4, -0.2) is 66.5 Å². The fourth-order valence-corrected chi connectivity index (χ4v) is 7.03. The van der Waals surface area contributed by atoms with Gasteiger partial charge in [-0.2, -0.15) is 0 Å². The number of halogens is 2. The van der Waals surface area contributed by atoms with Gasteiger partial charge in [0.2, 0.25) is 5.91 Å². The summed E-state index contributed by atoms with van der Waals surface area (Å²) in [6.07, 6.45) is 1.91. The summed E-state index contributed by atoms with van der Waals surface area (Å²) in [7, 11) is 2.09. The van der Waals surface area contributed by atoms with Crippen molar-refractivity contribution in [2.24, 2.45) is 11.8 Å². The maximum Gasteiger partial charge on any atom is 0.308 e. The van der Waals surface area contributed by atoms with Crippen LogP contribution in [-0.2, 0) is 31.0 Å². The molecular weight excluding hydrogens is 563 g/mol. The number of amides is 1. The van der Waals surface area contributed by atoms with Crippen molar-refractivity contribution in [1.29, 1.82) is 0 Å². The van der Waals surface area contributed by atoms with Gasteiger partial charge in [0.05, 0.1) is 16.5 Å². The van der Waals surface area contributed by atoms with Crippen LogP contribution in [0.25, 0.3) is 0 Å². The minimum atomic E-state index is -0.384. The second-order valence-electron chi connectivity index (χ2n) is 12.0. The SMILES string of the molecule is CC(=O)Oc1cccc([C@@]23CCN(C)C[C@H]2C(OC(C)=O)C[C@H](N(CC(C)C)C(=O)Cc2ccc(Cl)c(Cl)c2)C3)c1. The van der Waals surface area contributed by atoms with E-state index in [4.69, 9.17) is 32.7 Å². The molecule has 1 amide bonds. The molecule has 0 radical (unpaired) electrons. The second kappa shape index (κ2) is 13.1. The van der Waals surface area contributed by atoms with E-state index in [2.05, 4.69) is 31.9 Å². The monoisotopic (exact) mass is 602 g/mol. The molecular formula is C32H40Cl2N2O5. The van der Waals surface area contributed by atoms with Crippen molar-refractivity contribution >= 4 is 41.0 Å². The van der Waals surface area contributed by atoms with E-state index < -0.39 is 0 Å². The average Bonchev–Trinajstić information content (AvgIpc) is 2.89. The van der Waals surface area contributed by atoms with Crippen molar-refractivity contribution in [2.75, 3.05) is 26.7 Å². The van der Waals surface area contributed by atoms with E-state index in [1.165, 1.54) is 13.8 Å². The van der Waals surface area contributed by atoms with Crippen LogP contribution in [0, 0.1) is 11.8 Å². The van der Waals surface area contributed by atoms with Gasteiger partial charge in [0.15, 0.2) is 0 Å². The number of fused-ring (bicyclic) bond motifs is 1. The van der Waals surface area contributed by atoms with Crippen LogP contribution in [0.2, 0.25) is 10.0 Å². The van der Waals surface area contributed by atoms with Crippen LogP contribution >= 0.6 is 23.2 Å². The lowest BCUT2D eigenvalue weighted by molar-refractivity contribution is -0.161. The summed E-state index contributed by atoms with van der Waals surface area (Å²) in [6, 6.07) is 12.8. The van der Waals surface area contributed by atoms with Gasteiger partial charge in [-0.3, -0.25) is 14.4 Å². The third kappa shape index (κ3) is 7.43. The minimum absolute atomic E-state index is 0.00106. The van der Waals surface area contributed by atoms with Crippen molar-refractivity contribution in [3.8, 4) is 5.75 Å². The molecule has 2 aliphatic rings. The lowest BCUT2D eigenvalue weighted by Gasteiger charge is -2.56. The number of rotatable bonds is 8. The summed E-state index contributed by atoms with van der Waals surface area (Å²) in [5, 5.41) is 0.866. The number of esters is 2. The largest absolute Gasteiger partial charge is 0.462 e. The predicted molar refractivity (Wildman–Crippen MR) is 160 cm³/mol. The molecule has 1 heterocycles. The Morgan fingerprint density at radius 1 is 1.07 bits per heavy atom. The Balaban J connectivity index is 1.76. The van der Waals surface area contributed by atoms with Gasteiger partial charge in [-0.1, -0.05) is 55.2 Å². The standard InChI is InChI=1S/C32H40Cl2N2O5/c1-20(2)18-36(31(39)14-23-9-10-28(33)29(34)13-23)25-16-30(41-22(4)38)27-19-35(5)12-11-32(27,17-25)24-7-6-8-26(15-24)40-21(3)37/h6-10,13,15,20,25,27,30H,11-12,14,16-19H2,1-5H3/t25-,27-,30?,32-/m0/s1. The Kier molecular flexibility index (Phi) is 10.0. The zero-order chi connectivity index (χ0) is 29.9. The number of hydrogen-bond acceptors (Lipinski definition) is 6. The van der Waals surface area contributed by atoms with Gasteiger partial charge in [0.25, 0.3) is 0 Å². The summed E-state index contributed by atoms with van der Waals surface area (Å²) in [6.45, 7) is 9.22. The number of carbonyl (C=O) groups excluding carboxylic acids is 3. The van der Waals surface area contributed by atoms with Crippen LogP contribution in [0.3, 0.4) is 0 Å². The lowest BCUT2D eigenvalue weighted by Crippen LogP contribution is -2.62. The topological polar surface area (TPSA) is 76.2 Å². The Hall–Kier alpha value is -2.61. The zero-order valence-corrected chi connectivity index (χ0v) is 26.0. The highest BCUT2D eigenvalue weighted by atomic mass is 35.5. The normalized spacial score (nSPS) is 24.4. The zero-order valence-electron chi connectivity index (χ0n) is 24.5. The molecule has 9 heteroatoms. The molecule has 0 aromatic heterocycles. The first-order chi connectivity index (χ1) is 19.4. The van der Waals surface area contributed by atoms with E-state index in [0.717, 1.165) is 30.6 Å². The molecule has 2 fully saturated rings. The molecule has 1 saturated heterocycles. The number of nitrogens with zero attached hydrogens (tertiary/aromatic N) is 2. The molecule has 2 aromatic rings. The summed E-state index contributed by atoms with van der Waals surface area (Å²) < 4.78 is 11.5. The van der Waals surface area contributed by atoms with Crippen molar-refractivity contribution in [1.82, 2.24) is 9.80 Å². The Bertz CT molecular complexity index is 1280. The summed E-state index contributed by atoms with van der Waals surface area (Å²) in [5.41, 5.74) is 1.45. The van der Waals surface area contributed by atoms with Crippen molar-refractivity contribution < 1.29 is 23.9 Å². The first-order valence-electron chi connectivity index (χ1n) is 14.3. The molecule has 41 heavy (non-hydrogen) atoms. The smallest absolute Gasteiger partial charge is 0.308 e. The third-order valence-electron chi connectivity index (χ3n) is 8.36. The summed E-state index contributed by atoms with van der Waals surface area (Å²) >= 11 is 12.4. The molecule has 1 aliphatic carbocycles. The molecule has 1 saturated carbocycles. The second-order valence-corrected chi connectivity index (χ2v) is 12.8. The molecule has 7 nitrogen and oxygen atoms in total. The first kappa shape index (κ1) is 31.3. The van der Waals surface area contributed by atoms with Crippen molar-refractivity contribution in [3.05, 3.63) is 63.6 Å². The lowest BCUT2D eigenvalue weighted by atomic mass is 9.56. The van der Waals surface area contributed by atoms with Crippen LogP contribution in [0.5, 0.6) is 5.75 Å². The van der Waals surface area contributed by atoms with E-state index in [9.17, 15) is 14.4 Å². The van der Waals surface area contributed by atoms with Crippen LogP contribution in [0.4, 0.5) is 0 Å². The molecule has 0 bridgehead atoms. The predicted octanol–water partition coefficient (Wildman–Crippen LogP) is 5.93. The van der Waals surface area contributed by atoms with Gasteiger partial charge in [-0.05, 0) is 67.7 Å². The fourth-order valence-electron chi connectivity index (χ4n) is 6.71. The number of likely N-dealkylation sites (tertiary alicyclic amines) is 1. The Morgan fingerprint density at radius 3 is 2.49 bits per heavy atom. The van der Waals surface area contributed by atoms with Crippen molar-refractivity contribution in [2.45, 2.75) is 70.9 Å². The van der Waals surface area contributed by atoms with Crippen LogP contribution in [0.15, 0.2) is 42.5 Å². The van der Waals surface area contributed by atoms with E-state index in [1.807, 2.05) is 23.1 Å². The number of hydrogen-bond donors (Lipinski definition) is 0. The fraction of sp³-hybridized carbons (Fsp3) is 0.531. The molecule has 1 aliphatic heterocycles. The molecule has 2 aromatic carbocycles. The van der Waals surface area contributed by atoms with E-state index in [-0.39, 0.29) is 53.7 Å². The molecule has 4 rings (SSSR count). The Morgan fingerprint density at radius 2 is 1.83 bits per heavy atom. The van der Waals surface area contributed by atoms with Gasteiger partial charge < -0.3 is 19.3 Å². The van der Waals surface area contributed by atoms with Crippen LogP contribution in [0.1, 0.15) is 58.1 Å². The molecule has 0 spiro atoms. The highest BCUT2D eigenvalue weighted by Gasteiger charge is 2.54. The maximum atomic E-state index is 14.0. The van der Waals surface area contributed by atoms with Gasteiger partial charge in [-0.25, -0.2) is 0 Å². The van der Waals surface area contributed by atoms with Crippen molar-refractivity contribution in [3.63, 3.8) is 0 Å². The molecule has 0 N–H and O–H groups in total. The molecule has 4 atom stereocenters.